The average Bonchev–Trinajstić information content (AvgIpc) is 3.26. The number of amides is 1. The Labute approximate surface area is 185 Å². The maximum atomic E-state index is 13.4. The summed E-state index contributed by atoms with van der Waals surface area (Å²) in [6, 6.07) is 11.2. The van der Waals surface area contributed by atoms with Gasteiger partial charge >= 0.3 is 12.1 Å². The van der Waals surface area contributed by atoms with E-state index in [0.717, 1.165) is 29.7 Å². The van der Waals surface area contributed by atoms with Gasteiger partial charge in [0, 0.05) is 37.3 Å². The molecule has 2 aromatic carbocycles. The van der Waals surface area contributed by atoms with Crippen LogP contribution in [-0.4, -0.2) is 64.4 Å². The second-order valence-corrected chi connectivity index (χ2v) is 7.29. The van der Waals surface area contributed by atoms with Gasteiger partial charge in [-0.3, -0.25) is 9.89 Å². The first-order valence-electron chi connectivity index (χ1n) is 9.84. The van der Waals surface area contributed by atoms with Crippen LogP contribution in [0.1, 0.15) is 11.6 Å². The molecule has 8 nitrogen and oxygen atoms in total. The normalized spacial score (nSPS) is 15.1. The number of piperazine rings is 1. The Balaban J connectivity index is 0.000000383. The van der Waals surface area contributed by atoms with Gasteiger partial charge in [0.1, 0.15) is 11.9 Å². The number of carboxylic acid groups (broad SMARTS) is 1. The molecule has 0 aliphatic carbocycles. The minimum absolute atomic E-state index is 0.166. The van der Waals surface area contributed by atoms with Gasteiger partial charge in [-0.05, 0) is 35.9 Å². The van der Waals surface area contributed by atoms with Crippen molar-refractivity contribution in [2.24, 2.45) is 5.73 Å². The number of alkyl halides is 3. The maximum absolute atomic E-state index is 13.4. The van der Waals surface area contributed by atoms with Crippen LogP contribution in [0.2, 0.25) is 0 Å². The number of anilines is 1. The molecule has 0 radical (unpaired) electrons. The van der Waals surface area contributed by atoms with Crippen LogP contribution in [0.25, 0.3) is 10.9 Å². The second-order valence-electron chi connectivity index (χ2n) is 7.29. The van der Waals surface area contributed by atoms with Crippen molar-refractivity contribution in [1.82, 2.24) is 15.1 Å². The summed E-state index contributed by atoms with van der Waals surface area (Å²) in [4.78, 5) is 25.5. The fraction of sp³-hybridized carbons (Fsp3) is 0.286. The molecule has 1 saturated heterocycles. The molecule has 1 unspecified atom stereocenters. The number of aromatic amines is 1. The molecule has 4 N–H and O–H groups in total. The summed E-state index contributed by atoms with van der Waals surface area (Å²) >= 11 is 0. The Morgan fingerprint density at radius 3 is 2.36 bits per heavy atom. The van der Waals surface area contributed by atoms with Crippen LogP contribution in [0.5, 0.6) is 0 Å². The van der Waals surface area contributed by atoms with Gasteiger partial charge in [0.05, 0.1) is 11.7 Å². The number of fused-ring (bicyclic) bond motifs is 1. The highest BCUT2D eigenvalue weighted by Crippen LogP contribution is 2.23. The third-order valence-electron chi connectivity index (χ3n) is 5.10. The molecule has 0 bridgehead atoms. The summed E-state index contributed by atoms with van der Waals surface area (Å²) in [5.41, 5.74) is 8.67. The molecular formula is C21H21F4N5O3. The first kappa shape index (κ1) is 24.0. The van der Waals surface area contributed by atoms with Crippen molar-refractivity contribution >= 4 is 28.5 Å². The number of aliphatic carboxylic acids is 1. The quantitative estimate of drug-likeness (QED) is 0.510. The molecular weight excluding hydrogens is 446 g/mol. The molecule has 3 aromatic rings. The summed E-state index contributed by atoms with van der Waals surface area (Å²) in [5.74, 6) is -3.31. The highest BCUT2D eigenvalue weighted by molar-refractivity contribution is 5.84. The lowest BCUT2D eigenvalue weighted by Crippen LogP contribution is -2.51. The molecule has 1 atom stereocenters. The van der Waals surface area contributed by atoms with E-state index in [4.69, 9.17) is 15.6 Å². The van der Waals surface area contributed by atoms with Gasteiger partial charge in [0.25, 0.3) is 0 Å². The highest BCUT2D eigenvalue weighted by atomic mass is 19.4. The number of nitrogens with zero attached hydrogens (tertiary/aromatic N) is 3. The number of rotatable bonds is 3. The number of H-pyrrole nitrogens is 1. The van der Waals surface area contributed by atoms with E-state index < -0.39 is 18.2 Å². The highest BCUT2D eigenvalue weighted by Gasteiger charge is 2.38. The summed E-state index contributed by atoms with van der Waals surface area (Å²) in [7, 11) is 0. The number of benzene rings is 2. The molecule has 1 amide bonds. The standard InChI is InChI=1S/C19H20FN5O.C2HF3O2/c20-15-3-1-2-13(10-15)18(21)19(26)25-8-6-24(7-9-25)16-4-5-17-14(11-16)12-22-23-17;3-2(4,5)1(6)7/h1-5,10-12,18H,6-9,21H2,(H,22,23);(H,6,7). The van der Waals surface area contributed by atoms with Crippen molar-refractivity contribution in [1.29, 1.82) is 0 Å². The molecule has 0 saturated carbocycles. The fourth-order valence-electron chi connectivity index (χ4n) is 3.35. The van der Waals surface area contributed by atoms with Gasteiger partial charge < -0.3 is 20.6 Å². The Kier molecular flexibility index (Phi) is 7.16. The van der Waals surface area contributed by atoms with Crippen LogP contribution in [-0.2, 0) is 9.59 Å². The number of halogens is 4. The number of carboxylic acids is 1. The fourth-order valence-corrected chi connectivity index (χ4v) is 3.35. The van der Waals surface area contributed by atoms with Crippen molar-refractivity contribution in [2.75, 3.05) is 31.1 Å². The zero-order valence-electron chi connectivity index (χ0n) is 17.2. The number of aromatic nitrogens is 2. The number of carbonyl (C=O) groups is 2. The summed E-state index contributed by atoms with van der Waals surface area (Å²) in [6.45, 7) is 2.63. The van der Waals surface area contributed by atoms with Crippen LogP contribution in [0.3, 0.4) is 0 Å². The number of carbonyl (C=O) groups excluding carboxylic acids is 1. The van der Waals surface area contributed by atoms with E-state index in [1.165, 1.54) is 12.1 Å². The number of hydrogen-bond donors (Lipinski definition) is 3. The van der Waals surface area contributed by atoms with E-state index in [-0.39, 0.29) is 11.7 Å². The lowest BCUT2D eigenvalue weighted by molar-refractivity contribution is -0.192. The SMILES string of the molecule is NC(C(=O)N1CCN(c2ccc3[nH]ncc3c2)CC1)c1cccc(F)c1.O=C(O)C(F)(F)F. The lowest BCUT2D eigenvalue weighted by Gasteiger charge is -2.37. The Morgan fingerprint density at radius 1 is 1.09 bits per heavy atom. The Morgan fingerprint density at radius 2 is 1.76 bits per heavy atom. The van der Waals surface area contributed by atoms with Crippen LogP contribution < -0.4 is 10.6 Å². The molecule has 1 aliphatic heterocycles. The van der Waals surface area contributed by atoms with Crippen molar-refractivity contribution in [3.8, 4) is 0 Å². The summed E-state index contributed by atoms with van der Waals surface area (Å²) < 4.78 is 45.1. The zero-order chi connectivity index (χ0) is 24.2. The monoisotopic (exact) mass is 467 g/mol. The first-order chi connectivity index (χ1) is 15.6. The van der Waals surface area contributed by atoms with Gasteiger partial charge in [0.15, 0.2) is 0 Å². The molecule has 1 aliphatic rings. The Hall–Kier alpha value is -3.67. The van der Waals surface area contributed by atoms with Crippen molar-refractivity contribution < 1.29 is 32.3 Å². The van der Waals surface area contributed by atoms with Crippen LogP contribution in [0.4, 0.5) is 23.2 Å². The lowest BCUT2D eigenvalue weighted by atomic mass is 10.1. The largest absolute Gasteiger partial charge is 0.490 e. The van der Waals surface area contributed by atoms with E-state index in [1.54, 1.807) is 23.2 Å². The van der Waals surface area contributed by atoms with Gasteiger partial charge in [-0.25, -0.2) is 9.18 Å². The molecule has 4 rings (SSSR count). The van der Waals surface area contributed by atoms with E-state index >= 15 is 0 Å². The van der Waals surface area contributed by atoms with E-state index in [9.17, 15) is 22.4 Å². The molecule has 1 aromatic heterocycles. The smallest absolute Gasteiger partial charge is 0.475 e. The van der Waals surface area contributed by atoms with E-state index in [2.05, 4.69) is 27.2 Å². The van der Waals surface area contributed by atoms with Crippen molar-refractivity contribution in [2.45, 2.75) is 12.2 Å². The predicted molar refractivity (Wildman–Crippen MR) is 112 cm³/mol. The molecule has 2 heterocycles. The van der Waals surface area contributed by atoms with Gasteiger partial charge in [-0.15, -0.1) is 0 Å². The van der Waals surface area contributed by atoms with E-state index in [1.807, 2.05) is 6.07 Å². The van der Waals surface area contributed by atoms with Gasteiger partial charge in [-0.1, -0.05) is 12.1 Å². The predicted octanol–water partition coefficient (Wildman–Crippen LogP) is 2.68. The molecule has 176 valence electrons. The molecule has 1 fully saturated rings. The number of nitrogens with one attached hydrogen (secondary N) is 1. The first-order valence-corrected chi connectivity index (χ1v) is 9.84. The molecule has 0 spiro atoms. The van der Waals surface area contributed by atoms with Crippen LogP contribution in [0.15, 0.2) is 48.7 Å². The topological polar surface area (TPSA) is 116 Å². The summed E-state index contributed by atoms with van der Waals surface area (Å²) in [5, 5.41) is 15.2. The van der Waals surface area contributed by atoms with Crippen molar-refractivity contribution in [3.63, 3.8) is 0 Å². The van der Waals surface area contributed by atoms with Gasteiger partial charge in [-0.2, -0.15) is 18.3 Å². The third kappa shape index (κ3) is 5.98. The number of hydrogen-bond acceptors (Lipinski definition) is 5. The number of nitrogens with two attached hydrogens (primary N) is 1. The van der Waals surface area contributed by atoms with Crippen molar-refractivity contribution in [3.05, 3.63) is 60.0 Å². The molecule has 33 heavy (non-hydrogen) atoms. The van der Waals surface area contributed by atoms with Gasteiger partial charge in [0.2, 0.25) is 5.91 Å². The zero-order valence-corrected chi connectivity index (χ0v) is 17.2. The Bertz CT molecular complexity index is 1130. The second kappa shape index (κ2) is 9.86. The minimum atomic E-state index is -5.08. The maximum Gasteiger partial charge on any atom is 0.490 e. The van der Waals surface area contributed by atoms with Crippen LogP contribution in [0, 0.1) is 5.82 Å². The third-order valence-corrected chi connectivity index (χ3v) is 5.10. The minimum Gasteiger partial charge on any atom is -0.475 e. The molecule has 12 heteroatoms. The van der Waals surface area contributed by atoms with E-state index in [0.29, 0.717) is 18.7 Å². The average molecular weight is 467 g/mol. The van der Waals surface area contributed by atoms with Crippen LogP contribution >= 0.6 is 0 Å². The summed E-state index contributed by atoms with van der Waals surface area (Å²) in [6.07, 6.45) is -3.28.